The lowest BCUT2D eigenvalue weighted by molar-refractivity contribution is 0.242. The second-order valence-corrected chi connectivity index (χ2v) is 6.21. The minimum absolute atomic E-state index is 0.176. The molecule has 0 spiro atoms. The van der Waals surface area contributed by atoms with Crippen molar-refractivity contribution in [3.05, 3.63) is 22.2 Å². The van der Waals surface area contributed by atoms with Crippen LogP contribution in [0.1, 0.15) is 18.1 Å². The van der Waals surface area contributed by atoms with Crippen LogP contribution in [0.15, 0.2) is 6.07 Å². The third-order valence-corrected chi connectivity index (χ3v) is 4.76. The molecule has 0 amide bonds. The number of hydrogen-bond donors (Lipinski definition) is 1. The number of fused-ring (bicyclic) bond motifs is 1. The van der Waals surface area contributed by atoms with Crippen molar-refractivity contribution in [3.63, 3.8) is 0 Å². The van der Waals surface area contributed by atoms with Crippen LogP contribution in [-0.2, 0) is 12.8 Å². The largest absolute Gasteiger partial charge is 0.493 e. The molecule has 116 valence electrons. The fourth-order valence-electron chi connectivity index (χ4n) is 3.12. The lowest BCUT2D eigenvalue weighted by Crippen LogP contribution is -2.44. The molecule has 2 aliphatic rings. The average Bonchev–Trinajstić information content (AvgIpc) is 2.90. The van der Waals surface area contributed by atoms with Crippen LogP contribution >= 0.6 is 11.6 Å². The van der Waals surface area contributed by atoms with E-state index in [1.807, 2.05) is 6.07 Å². The minimum Gasteiger partial charge on any atom is -0.493 e. The molecule has 5 heteroatoms. The minimum atomic E-state index is 0.176. The zero-order chi connectivity index (χ0) is 14.8. The van der Waals surface area contributed by atoms with Crippen molar-refractivity contribution in [2.75, 3.05) is 39.8 Å². The molecule has 1 atom stereocenters. The van der Waals surface area contributed by atoms with Gasteiger partial charge in [0.15, 0.2) is 11.5 Å². The molecule has 1 aromatic carbocycles. The molecule has 0 bridgehead atoms. The van der Waals surface area contributed by atoms with Gasteiger partial charge in [0.2, 0.25) is 0 Å². The van der Waals surface area contributed by atoms with Gasteiger partial charge in [0.05, 0.1) is 12.1 Å². The van der Waals surface area contributed by atoms with Crippen molar-refractivity contribution in [3.8, 4) is 11.5 Å². The summed E-state index contributed by atoms with van der Waals surface area (Å²) >= 11 is 6.60. The van der Waals surface area contributed by atoms with Gasteiger partial charge < -0.3 is 19.7 Å². The summed E-state index contributed by atoms with van der Waals surface area (Å²) in [6.07, 6.45) is 2.00. The Balaban J connectivity index is 1.77. The van der Waals surface area contributed by atoms with Gasteiger partial charge in [0.1, 0.15) is 6.10 Å². The Morgan fingerprint density at radius 3 is 2.90 bits per heavy atom. The van der Waals surface area contributed by atoms with Gasteiger partial charge in [-0.05, 0) is 25.0 Å². The molecule has 0 radical (unpaired) electrons. The van der Waals surface area contributed by atoms with Crippen LogP contribution in [0.4, 0.5) is 0 Å². The number of rotatable bonds is 4. The smallest absolute Gasteiger partial charge is 0.166 e. The lowest BCUT2D eigenvalue weighted by Gasteiger charge is -2.27. The maximum atomic E-state index is 6.60. The van der Waals surface area contributed by atoms with Gasteiger partial charge in [-0.1, -0.05) is 11.6 Å². The van der Waals surface area contributed by atoms with E-state index in [0.717, 1.165) is 67.7 Å². The molecule has 2 aliphatic heterocycles. The first-order valence-electron chi connectivity index (χ1n) is 7.67. The predicted octanol–water partition coefficient (Wildman–Crippen LogP) is 2.12. The summed E-state index contributed by atoms with van der Waals surface area (Å²) in [6, 6.07) is 2.04. The Morgan fingerprint density at radius 1 is 1.43 bits per heavy atom. The summed E-state index contributed by atoms with van der Waals surface area (Å²) in [5.74, 6) is 1.65. The summed E-state index contributed by atoms with van der Waals surface area (Å²) < 4.78 is 11.3. The van der Waals surface area contributed by atoms with Crippen molar-refractivity contribution in [2.45, 2.75) is 25.9 Å². The maximum Gasteiger partial charge on any atom is 0.166 e. The second kappa shape index (κ2) is 6.42. The van der Waals surface area contributed by atoms with Gasteiger partial charge in [0.25, 0.3) is 0 Å². The van der Waals surface area contributed by atoms with E-state index < -0.39 is 0 Å². The van der Waals surface area contributed by atoms with E-state index in [0.29, 0.717) is 0 Å². The summed E-state index contributed by atoms with van der Waals surface area (Å²) in [5, 5.41) is 4.24. The Kier molecular flexibility index (Phi) is 4.57. The van der Waals surface area contributed by atoms with E-state index in [1.165, 1.54) is 5.56 Å². The van der Waals surface area contributed by atoms with E-state index in [2.05, 4.69) is 17.1 Å². The zero-order valence-electron chi connectivity index (χ0n) is 12.7. The number of benzene rings is 1. The quantitative estimate of drug-likeness (QED) is 0.923. The third-order valence-electron chi connectivity index (χ3n) is 4.29. The number of halogens is 1. The number of hydrogen-bond acceptors (Lipinski definition) is 4. The first kappa shape index (κ1) is 14.9. The van der Waals surface area contributed by atoms with E-state index in [1.54, 1.807) is 7.11 Å². The van der Waals surface area contributed by atoms with Crippen LogP contribution in [0.25, 0.3) is 0 Å². The average molecular weight is 311 g/mol. The highest BCUT2D eigenvalue weighted by Crippen LogP contribution is 2.44. The van der Waals surface area contributed by atoms with E-state index in [9.17, 15) is 0 Å². The topological polar surface area (TPSA) is 33.7 Å². The van der Waals surface area contributed by atoms with Crippen molar-refractivity contribution < 1.29 is 9.47 Å². The Morgan fingerprint density at radius 2 is 2.19 bits per heavy atom. The normalized spacial score (nSPS) is 22.0. The van der Waals surface area contributed by atoms with Crippen molar-refractivity contribution in [1.29, 1.82) is 0 Å². The molecule has 0 aromatic heterocycles. The van der Waals surface area contributed by atoms with Gasteiger partial charge in [-0.3, -0.25) is 0 Å². The summed E-state index contributed by atoms with van der Waals surface area (Å²) in [6.45, 7) is 7.48. The predicted molar refractivity (Wildman–Crippen MR) is 84.8 cm³/mol. The first-order chi connectivity index (χ1) is 10.2. The monoisotopic (exact) mass is 310 g/mol. The zero-order valence-corrected chi connectivity index (χ0v) is 13.5. The summed E-state index contributed by atoms with van der Waals surface area (Å²) in [7, 11) is 1.69. The third kappa shape index (κ3) is 3.12. The van der Waals surface area contributed by atoms with Gasteiger partial charge in [-0.15, -0.1) is 0 Å². The first-order valence-corrected chi connectivity index (χ1v) is 8.04. The SMILES string of the molecule is COc1cc(CCN2CCNCC2)c(Cl)c2c1OC(C)C2. The molecule has 0 saturated carbocycles. The van der Waals surface area contributed by atoms with E-state index in [-0.39, 0.29) is 6.10 Å². The van der Waals surface area contributed by atoms with Crippen LogP contribution in [0, 0.1) is 0 Å². The molecule has 1 aromatic rings. The maximum absolute atomic E-state index is 6.60. The van der Waals surface area contributed by atoms with Crippen LogP contribution in [0.3, 0.4) is 0 Å². The fraction of sp³-hybridized carbons (Fsp3) is 0.625. The van der Waals surface area contributed by atoms with E-state index in [4.69, 9.17) is 21.1 Å². The highest BCUT2D eigenvalue weighted by molar-refractivity contribution is 6.32. The Labute approximate surface area is 131 Å². The molecule has 1 unspecified atom stereocenters. The molecular formula is C16H23ClN2O2. The Bertz CT molecular complexity index is 515. The highest BCUT2D eigenvalue weighted by Gasteiger charge is 2.27. The van der Waals surface area contributed by atoms with Gasteiger partial charge >= 0.3 is 0 Å². The van der Waals surface area contributed by atoms with Crippen molar-refractivity contribution in [2.24, 2.45) is 0 Å². The van der Waals surface area contributed by atoms with E-state index >= 15 is 0 Å². The van der Waals surface area contributed by atoms with Crippen LogP contribution in [0.2, 0.25) is 5.02 Å². The van der Waals surface area contributed by atoms with Gasteiger partial charge in [0, 0.05) is 44.7 Å². The molecule has 0 aliphatic carbocycles. The molecule has 1 saturated heterocycles. The van der Waals surface area contributed by atoms with Crippen LogP contribution in [-0.4, -0.2) is 50.8 Å². The number of nitrogens with zero attached hydrogens (tertiary/aromatic N) is 1. The molecular weight excluding hydrogens is 288 g/mol. The number of methoxy groups -OCH3 is 1. The van der Waals surface area contributed by atoms with Crippen molar-refractivity contribution >= 4 is 11.6 Å². The highest BCUT2D eigenvalue weighted by atomic mass is 35.5. The summed E-state index contributed by atoms with van der Waals surface area (Å²) in [5.41, 5.74) is 2.28. The molecule has 1 fully saturated rings. The van der Waals surface area contributed by atoms with Crippen molar-refractivity contribution in [1.82, 2.24) is 10.2 Å². The van der Waals surface area contributed by atoms with Gasteiger partial charge in [-0.25, -0.2) is 0 Å². The molecule has 3 rings (SSSR count). The molecule has 1 N–H and O–H groups in total. The molecule has 2 heterocycles. The van der Waals surface area contributed by atoms with Crippen LogP contribution < -0.4 is 14.8 Å². The number of ether oxygens (including phenoxy) is 2. The molecule has 4 nitrogen and oxygen atoms in total. The number of piperazine rings is 1. The van der Waals surface area contributed by atoms with Crippen LogP contribution in [0.5, 0.6) is 11.5 Å². The lowest BCUT2D eigenvalue weighted by atomic mass is 10.0. The fourth-order valence-corrected chi connectivity index (χ4v) is 3.43. The van der Waals surface area contributed by atoms with Gasteiger partial charge in [-0.2, -0.15) is 0 Å². The second-order valence-electron chi connectivity index (χ2n) is 5.83. The standard InChI is InChI=1S/C16H23ClN2O2/c1-11-9-13-15(17)12(10-14(20-2)16(13)21-11)3-6-19-7-4-18-5-8-19/h10-11,18H,3-9H2,1-2H3. The molecule has 21 heavy (non-hydrogen) atoms. The summed E-state index contributed by atoms with van der Waals surface area (Å²) in [4.78, 5) is 2.48. The Hall–Kier alpha value is -0.970. The number of nitrogens with one attached hydrogen (secondary N) is 1.